The molecule has 0 radical (unpaired) electrons. The largest absolute Gasteiger partial charge is 0.457 e. The second-order valence-corrected chi connectivity index (χ2v) is 10.5. The molecule has 41 heavy (non-hydrogen) atoms. The minimum absolute atomic E-state index is 0.0626. The SMILES string of the molecule is O=C(CN(C(=O)c1ccccc1Cl)N1C(=O)[C@H]2[C@H](C1=O)[C@H]1C=C[C@H]2C1)c1ccc(Oc2ccc([N+](=O)[O-])cc2)cc1. The molecule has 3 aliphatic rings. The fourth-order valence-corrected chi connectivity index (χ4v) is 6.06. The van der Waals surface area contributed by atoms with Crippen molar-refractivity contribution in [1.82, 2.24) is 10.0 Å². The van der Waals surface area contributed by atoms with Gasteiger partial charge < -0.3 is 4.74 Å². The van der Waals surface area contributed by atoms with Gasteiger partial charge in [-0.15, -0.1) is 0 Å². The quantitative estimate of drug-likeness (QED) is 0.121. The molecule has 10 nitrogen and oxygen atoms in total. The molecule has 206 valence electrons. The van der Waals surface area contributed by atoms with Crippen molar-refractivity contribution in [3.63, 3.8) is 0 Å². The van der Waals surface area contributed by atoms with Crippen LogP contribution in [-0.4, -0.2) is 45.0 Å². The zero-order chi connectivity index (χ0) is 28.8. The van der Waals surface area contributed by atoms with Gasteiger partial charge in [-0.3, -0.25) is 29.3 Å². The van der Waals surface area contributed by atoms with Crippen LogP contribution in [0.5, 0.6) is 11.5 Å². The molecule has 1 saturated carbocycles. The van der Waals surface area contributed by atoms with Gasteiger partial charge in [0.05, 0.1) is 27.3 Å². The summed E-state index contributed by atoms with van der Waals surface area (Å²) in [6, 6.07) is 17.8. The average Bonchev–Trinajstić information content (AvgIpc) is 3.66. The number of ketones is 1. The van der Waals surface area contributed by atoms with Gasteiger partial charge in [-0.1, -0.05) is 35.9 Å². The van der Waals surface area contributed by atoms with E-state index in [9.17, 15) is 29.3 Å². The topological polar surface area (TPSA) is 127 Å². The second kappa shape index (κ2) is 10.3. The maximum atomic E-state index is 13.7. The Morgan fingerprint density at radius 2 is 1.46 bits per heavy atom. The lowest BCUT2D eigenvalue weighted by atomic mass is 9.85. The van der Waals surface area contributed by atoms with E-state index >= 15 is 0 Å². The summed E-state index contributed by atoms with van der Waals surface area (Å²) in [6.45, 7) is -0.563. The number of rotatable bonds is 8. The van der Waals surface area contributed by atoms with E-state index in [1.54, 1.807) is 12.1 Å². The van der Waals surface area contributed by atoms with E-state index in [2.05, 4.69) is 0 Å². The third-order valence-electron chi connectivity index (χ3n) is 7.78. The maximum absolute atomic E-state index is 13.7. The average molecular weight is 572 g/mol. The summed E-state index contributed by atoms with van der Waals surface area (Å²) in [5, 5.41) is 12.7. The van der Waals surface area contributed by atoms with Crippen molar-refractivity contribution in [2.75, 3.05) is 6.54 Å². The molecule has 6 rings (SSSR count). The van der Waals surface area contributed by atoms with Gasteiger partial charge in [0.1, 0.15) is 18.0 Å². The van der Waals surface area contributed by atoms with Gasteiger partial charge >= 0.3 is 0 Å². The fourth-order valence-electron chi connectivity index (χ4n) is 5.84. The zero-order valence-electron chi connectivity index (χ0n) is 21.4. The van der Waals surface area contributed by atoms with E-state index in [0.29, 0.717) is 11.5 Å². The molecule has 2 aliphatic carbocycles. The van der Waals surface area contributed by atoms with Crippen LogP contribution in [-0.2, 0) is 9.59 Å². The van der Waals surface area contributed by atoms with Gasteiger partial charge in [0.2, 0.25) is 0 Å². The second-order valence-electron chi connectivity index (χ2n) is 10.1. The van der Waals surface area contributed by atoms with Gasteiger partial charge in [-0.25, -0.2) is 5.01 Å². The summed E-state index contributed by atoms with van der Waals surface area (Å²) in [5.41, 5.74) is 0.211. The number of fused-ring (bicyclic) bond motifs is 5. The highest BCUT2D eigenvalue weighted by Gasteiger charge is 2.61. The number of hydrogen-bond acceptors (Lipinski definition) is 7. The number of nitro groups is 1. The number of nitrogens with zero attached hydrogens (tertiary/aromatic N) is 3. The number of Topliss-reactive ketones (excluding diaryl/α,β-unsaturated/α-hetero) is 1. The molecule has 3 aromatic rings. The molecule has 3 amide bonds. The van der Waals surface area contributed by atoms with E-state index in [0.717, 1.165) is 16.4 Å². The highest BCUT2D eigenvalue weighted by Crippen LogP contribution is 2.52. The Balaban J connectivity index is 1.24. The van der Waals surface area contributed by atoms with Gasteiger partial charge in [0.15, 0.2) is 5.78 Å². The number of hydrogen-bond donors (Lipinski definition) is 0. The molecule has 1 heterocycles. The van der Waals surface area contributed by atoms with Crippen LogP contribution in [0.3, 0.4) is 0 Å². The van der Waals surface area contributed by atoms with Crippen molar-refractivity contribution in [2.45, 2.75) is 6.42 Å². The number of nitro benzene ring substituents is 1. The first-order valence-electron chi connectivity index (χ1n) is 12.9. The normalized spacial score (nSPS) is 22.1. The molecular weight excluding hydrogens is 550 g/mol. The predicted molar refractivity (Wildman–Crippen MR) is 146 cm³/mol. The number of benzene rings is 3. The van der Waals surface area contributed by atoms with E-state index in [1.165, 1.54) is 60.7 Å². The summed E-state index contributed by atoms with van der Waals surface area (Å²) in [6.07, 6.45) is 4.63. The molecule has 3 aromatic carbocycles. The summed E-state index contributed by atoms with van der Waals surface area (Å²) in [5.74, 6) is -2.71. The molecule has 0 spiro atoms. The van der Waals surface area contributed by atoms with Crippen LogP contribution in [0.2, 0.25) is 5.02 Å². The highest BCUT2D eigenvalue weighted by molar-refractivity contribution is 6.34. The minimum atomic E-state index is -0.732. The van der Waals surface area contributed by atoms with E-state index in [1.807, 2.05) is 12.2 Å². The van der Waals surface area contributed by atoms with Gasteiger partial charge in [0.25, 0.3) is 23.4 Å². The molecule has 0 aromatic heterocycles. The number of imide groups is 1. The van der Waals surface area contributed by atoms with Crippen molar-refractivity contribution < 1.29 is 28.8 Å². The van der Waals surface area contributed by atoms with Crippen LogP contribution in [0.15, 0.2) is 84.9 Å². The molecule has 0 N–H and O–H groups in total. The molecule has 4 atom stereocenters. The van der Waals surface area contributed by atoms with Gasteiger partial charge in [-0.05, 0) is 66.8 Å². The number of ether oxygens (including phenoxy) is 1. The molecule has 11 heteroatoms. The highest BCUT2D eigenvalue weighted by atomic mass is 35.5. The number of halogens is 1. The fraction of sp³-hybridized carbons (Fsp3) is 0.200. The first-order chi connectivity index (χ1) is 19.7. The van der Waals surface area contributed by atoms with E-state index < -0.39 is 46.8 Å². The number of amides is 3. The van der Waals surface area contributed by atoms with Crippen molar-refractivity contribution in [2.24, 2.45) is 23.7 Å². The third-order valence-corrected chi connectivity index (χ3v) is 8.11. The van der Waals surface area contributed by atoms with Crippen molar-refractivity contribution in [3.05, 3.63) is 111 Å². The minimum Gasteiger partial charge on any atom is -0.457 e. The van der Waals surface area contributed by atoms with Crippen molar-refractivity contribution in [1.29, 1.82) is 0 Å². The standard InChI is InChI=1S/C30H22ClN3O7/c31-24-4-2-1-3-23(24)28(36)32(33-29(37)26-18-5-6-19(15-18)27(26)30(33)38)16-25(35)17-7-11-21(12-8-17)41-22-13-9-20(10-14-22)34(39)40/h1-14,18-19,26-27H,15-16H2/t18-,19-,26+,27+/m0/s1. The number of allylic oxidation sites excluding steroid dienone is 2. The number of carbonyl (C=O) groups excluding carboxylic acids is 4. The molecular formula is C30H22ClN3O7. The Bertz CT molecular complexity index is 1590. The predicted octanol–water partition coefficient (Wildman–Crippen LogP) is 5.09. The lowest BCUT2D eigenvalue weighted by Crippen LogP contribution is -2.52. The summed E-state index contributed by atoms with van der Waals surface area (Å²) in [4.78, 5) is 64.5. The summed E-state index contributed by atoms with van der Waals surface area (Å²) >= 11 is 6.28. The Morgan fingerprint density at radius 1 is 0.902 bits per heavy atom. The van der Waals surface area contributed by atoms with Crippen LogP contribution < -0.4 is 4.74 Å². The zero-order valence-corrected chi connectivity index (χ0v) is 22.1. The van der Waals surface area contributed by atoms with Gasteiger partial charge in [-0.2, -0.15) is 5.01 Å². The lowest BCUT2D eigenvalue weighted by molar-refractivity contribution is -0.384. The summed E-state index contributed by atoms with van der Waals surface area (Å²) in [7, 11) is 0. The maximum Gasteiger partial charge on any atom is 0.274 e. The number of non-ortho nitro benzene ring substituents is 1. The van der Waals surface area contributed by atoms with Crippen LogP contribution in [0.1, 0.15) is 27.1 Å². The molecule has 0 unspecified atom stereocenters. The Kier molecular flexibility index (Phi) is 6.63. The monoisotopic (exact) mass is 571 g/mol. The van der Waals surface area contributed by atoms with E-state index in [4.69, 9.17) is 16.3 Å². The Morgan fingerprint density at radius 3 is 2.02 bits per heavy atom. The molecule has 1 saturated heterocycles. The van der Waals surface area contributed by atoms with Crippen LogP contribution in [0, 0.1) is 33.8 Å². The van der Waals surface area contributed by atoms with Gasteiger partial charge in [0, 0.05) is 17.7 Å². The first-order valence-corrected chi connectivity index (χ1v) is 13.3. The number of hydrazine groups is 1. The molecule has 2 fully saturated rings. The molecule has 1 aliphatic heterocycles. The van der Waals surface area contributed by atoms with Crippen molar-refractivity contribution >= 4 is 40.8 Å². The smallest absolute Gasteiger partial charge is 0.274 e. The third kappa shape index (κ3) is 4.66. The van der Waals surface area contributed by atoms with Crippen LogP contribution in [0.4, 0.5) is 5.69 Å². The molecule has 2 bridgehead atoms. The number of carbonyl (C=O) groups is 4. The van der Waals surface area contributed by atoms with Crippen LogP contribution >= 0.6 is 11.6 Å². The Labute approximate surface area is 238 Å². The first kappa shape index (κ1) is 26.4. The summed E-state index contributed by atoms with van der Waals surface area (Å²) < 4.78 is 5.70. The van der Waals surface area contributed by atoms with Crippen molar-refractivity contribution in [3.8, 4) is 11.5 Å². The van der Waals surface area contributed by atoms with E-state index in [-0.39, 0.29) is 33.7 Å². The Hall–Kier alpha value is -4.83. The lowest BCUT2D eigenvalue weighted by Gasteiger charge is -2.31. The van der Waals surface area contributed by atoms with Crippen LogP contribution in [0.25, 0.3) is 0 Å².